The molecule has 0 spiro atoms. The first-order valence-electron chi connectivity index (χ1n) is 8.14. The number of ether oxygens (including phenoxy) is 2. The van der Waals surface area contributed by atoms with Gasteiger partial charge in [0.1, 0.15) is 5.75 Å². The number of amides is 1. The highest BCUT2D eigenvalue weighted by atomic mass is 32.2. The summed E-state index contributed by atoms with van der Waals surface area (Å²) in [4.78, 5) is 29.2. The summed E-state index contributed by atoms with van der Waals surface area (Å²) < 4.78 is 10.7. The van der Waals surface area contributed by atoms with Crippen molar-refractivity contribution in [2.24, 2.45) is 0 Å². The average Bonchev–Trinajstić information content (AvgIpc) is 3.09. The van der Waals surface area contributed by atoms with Gasteiger partial charge in [-0.1, -0.05) is 11.3 Å². The Hall–Kier alpha value is -2.58. The van der Waals surface area contributed by atoms with E-state index in [1.807, 2.05) is 24.3 Å². The molecule has 0 atom stereocenters. The fourth-order valence-electron chi connectivity index (χ4n) is 2.34. The van der Waals surface area contributed by atoms with Gasteiger partial charge in [0.2, 0.25) is 5.91 Å². The van der Waals surface area contributed by atoms with E-state index in [-0.39, 0.29) is 5.91 Å². The van der Waals surface area contributed by atoms with Crippen molar-refractivity contribution in [3.8, 4) is 5.75 Å². The van der Waals surface area contributed by atoms with Crippen LogP contribution in [0.2, 0.25) is 0 Å². The summed E-state index contributed by atoms with van der Waals surface area (Å²) in [6, 6.07) is 12.8. The standard InChI is InChI=1S/C19H18N2O4S2/c1-24-13-4-6-14(7-5-13)26-10-9-17(22)21-19-20-15-8-3-12(18(23)25-2)11-16(15)27-19/h3-8,11H,9-10H2,1-2H3,(H,20,21,22). The van der Waals surface area contributed by atoms with E-state index in [1.165, 1.54) is 18.4 Å². The van der Waals surface area contributed by atoms with Gasteiger partial charge < -0.3 is 14.8 Å². The predicted molar refractivity (Wildman–Crippen MR) is 108 cm³/mol. The van der Waals surface area contributed by atoms with Crippen LogP contribution in [0.25, 0.3) is 10.2 Å². The van der Waals surface area contributed by atoms with E-state index in [4.69, 9.17) is 9.47 Å². The third-order valence-corrected chi connectivity index (χ3v) is 5.66. The predicted octanol–water partition coefficient (Wildman–Crippen LogP) is 4.21. The quantitative estimate of drug-likeness (QED) is 0.471. The SMILES string of the molecule is COC(=O)c1ccc2nc(NC(=O)CCSc3ccc(OC)cc3)sc2c1. The van der Waals surface area contributed by atoms with Gasteiger partial charge in [-0.25, -0.2) is 9.78 Å². The number of rotatable bonds is 7. The number of esters is 1. The average molecular weight is 402 g/mol. The first-order chi connectivity index (χ1) is 13.1. The summed E-state index contributed by atoms with van der Waals surface area (Å²) in [7, 11) is 2.97. The lowest BCUT2D eigenvalue weighted by Crippen LogP contribution is -2.11. The number of hydrogen-bond acceptors (Lipinski definition) is 7. The van der Waals surface area contributed by atoms with Crippen molar-refractivity contribution < 1.29 is 19.1 Å². The largest absolute Gasteiger partial charge is 0.497 e. The fraction of sp³-hybridized carbons (Fsp3) is 0.211. The van der Waals surface area contributed by atoms with E-state index in [1.54, 1.807) is 37.1 Å². The molecule has 1 N–H and O–H groups in total. The van der Waals surface area contributed by atoms with E-state index in [0.717, 1.165) is 20.9 Å². The van der Waals surface area contributed by atoms with Gasteiger partial charge in [-0.05, 0) is 42.5 Å². The second kappa shape index (κ2) is 8.88. The number of benzene rings is 2. The molecular weight excluding hydrogens is 384 g/mol. The Balaban J connectivity index is 1.54. The summed E-state index contributed by atoms with van der Waals surface area (Å²) in [6.45, 7) is 0. The fourth-order valence-corrected chi connectivity index (χ4v) is 4.11. The highest BCUT2D eigenvalue weighted by Crippen LogP contribution is 2.27. The Morgan fingerprint density at radius 1 is 1.15 bits per heavy atom. The van der Waals surface area contributed by atoms with Crippen molar-refractivity contribution in [2.75, 3.05) is 25.3 Å². The van der Waals surface area contributed by atoms with Crippen LogP contribution in [0.1, 0.15) is 16.8 Å². The molecule has 1 heterocycles. The van der Waals surface area contributed by atoms with Crippen LogP contribution in [0.3, 0.4) is 0 Å². The van der Waals surface area contributed by atoms with Gasteiger partial charge in [0.25, 0.3) is 0 Å². The van der Waals surface area contributed by atoms with Crippen LogP contribution in [-0.4, -0.2) is 36.8 Å². The minimum absolute atomic E-state index is 0.0942. The molecule has 140 valence electrons. The van der Waals surface area contributed by atoms with Crippen molar-refractivity contribution in [3.05, 3.63) is 48.0 Å². The molecule has 0 bridgehead atoms. The van der Waals surface area contributed by atoms with Gasteiger partial charge in [0.15, 0.2) is 5.13 Å². The number of thiazole rings is 1. The van der Waals surface area contributed by atoms with Crippen LogP contribution in [0.4, 0.5) is 5.13 Å². The van der Waals surface area contributed by atoms with Crippen LogP contribution < -0.4 is 10.1 Å². The van der Waals surface area contributed by atoms with Crippen LogP contribution in [0, 0.1) is 0 Å². The lowest BCUT2D eigenvalue weighted by molar-refractivity contribution is -0.115. The second-order valence-corrected chi connectivity index (χ2v) is 7.71. The van der Waals surface area contributed by atoms with Gasteiger partial charge in [-0.3, -0.25) is 4.79 Å². The van der Waals surface area contributed by atoms with E-state index < -0.39 is 5.97 Å². The minimum Gasteiger partial charge on any atom is -0.497 e. The highest BCUT2D eigenvalue weighted by Gasteiger charge is 2.11. The number of nitrogens with zero attached hydrogens (tertiary/aromatic N) is 1. The number of carbonyl (C=O) groups excluding carboxylic acids is 2. The first-order valence-corrected chi connectivity index (χ1v) is 9.95. The van der Waals surface area contributed by atoms with E-state index in [9.17, 15) is 9.59 Å². The number of anilines is 1. The summed E-state index contributed by atoms with van der Waals surface area (Å²) in [5.41, 5.74) is 1.19. The Morgan fingerprint density at radius 3 is 2.63 bits per heavy atom. The van der Waals surface area contributed by atoms with Gasteiger partial charge in [0, 0.05) is 17.1 Å². The molecule has 2 aromatic carbocycles. The van der Waals surface area contributed by atoms with Crippen molar-refractivity contribution in [2.45, 2.75) is 11.3 Å². The highest BCUT2D eigenvalue weighted by molar-refractivity contribution is 7.99. The molecule has 0 unspecified atom stereocenters. The normalized spacial score (nSPS) is 10.6. The summed E-state index contributed by atoms with van der Waals surface area (Å²) >= 11 is 2.94. The molecular formula is C19H18N2O4S2. The number of fused-ring (bicyclic) bond motifs is 1. The third-order valence-electron chi connectivity index (χ3n) is 3.71. The molecule has 0 aliphatic rings. The van der Waals surface area contributed by atoms with Crippen molar-refractivity contribution >= 4 is 50.3 Å². The maximum Gasteiger partial charge on any atom is 0.337 e. The number of thioether (sulfide) groups is 1. The number of aromatic nitrogens is 1. The molecule has 3 aromatic rings. The zero-order valence-corrected chi connectivity index (χ0v) is 16.5. The molecule has 27 heavy (non-hydrogen) atoms. The van der Waals surface area contributed by atoms with Crippen LogP contribution in [-0.2, 0) is 9.53 Å². The second-order valence-electron chi connectivity index (χ2n) is 5.52. The summed E-state index contributed by atoms with van der Waals surface area (Å²) in [5, 5.41) is 3.34. The van der Waals surface area contributed by atoms with Gasteiger partial charge in [-0.15, -0.1) is 11.8 Å². The lowest BCUT2D eigenvalue weighted by atomic mass is 10.2. The molecule has 0 radical (unpaired) electrons. The molecule has 0 aliphatic heterocycles. The van der Waals surface area contributed by atoms with Crippen LogP contribution >= 0.6 is 23.1 Å². The van der Waals surface area contributed by atoms with Crippen LogP contribution in [0.15, 0.2) is 47.4 Å². The van der Waals surface area contributed by atoms with Gasteiger partial charge >= 0.3 is 5.97 Å². The smallest absolute Gasteiger partial charge is 0.337 e. The van der Waals surface area contributed by atoms with Crippen molar-refractivity contribution in [1.82, 2.24) is 4.98 Å². The first kappa shape index (κ1) is 19.2. The topological polar surface area (TPSA) is 77.5 Å². The summed E-state index contributed by atoms with van der Waals surface area (Å²) in [6.07, 6.45) is 0.375. The Kier molecular flexibility index (Phi) is 6.31. The molecule has 1 aromatic heterocycles. The summed E-state index contributed by atoms with van der Waals surface area (Å²) in [5.74, 6) is 0.980. The molecule has 3 rings (SSSR count). The number of methoxy groups -OCH3 is 2. The molecule has 0 saturated heterocycles. The van der Waals surface area contributed by atoms with Crippen molar-refractivity contribution in [1.29, 1.82) is 0 Å². The zero-order valence-electron chi connectivity index (χ0n) is 14.9. The number of carbonyl (C=O) groups is 2. The van der Waals surface area contributed by atoms with E-state index in [2.05, 4.69) is 10.3 Å². The lowest BCUT2D eigenvalue weighted by Gasteiger charge is -2.03. The maximum absolute atomic E-state index is 12.1. The van der Waals surface area contributed by atoms with Crippen molar-refractivity contribution in [3.63, 3.8) is 0 Å². The Morgan fingerprint density at radius 2 is 1.93 bits per heavy atom. The number of hydrogen-bond donors (Lipinski definition) is 1. The van der Waals surface area contributed by atoms with E-state index >= 15 is 0 Å². The number of nitrogens with one attached hydrogen (secondary N) is 1. The molecule has 8 heteroatoms. The van der Waals surface area contributed by atoms with Crippen LogP contribution in [0.5, 0.6) is 5.75 Å². The van der Waals surface area contributed by atoms with E-state index in [0.29, 0.717) is 22.9 Å². The minimum atomic E-state index is -0.397. The molecule has 0 fully saturated rings. The molecule has 1 amide bonds. The van der Waals surface area contributed by atoms with Gasteiger partial charge in [0.05, 0.1) is 30.0 Å². The third kappa shape index (κ3) is 4.99. The maximum atomic E-state index is 12.1. The molecule has 0 saturated carbocycles. The molecule has 6 nitrogen and oxygen atoms in total. The Bertz CT molecular complexity index is 954. The van der Waals surface area contributed by atoms with Gasteiger partial charge in [-0.2, -0.15) is 0 Å². The Labute approximate surface area is 164 Å². The molecule has 0 aliphatic carbocycles. The zero-order chi connectivity index (χ0) is 19.2. The monoisotopic (exact) mass is 402 g/mol.